The van der Waals surface area contributed by atoms with E-state index in [0.29, 0.717) is 28.1 Å². The first-order chi connectivity index (χ1) is 13.5. The fraction of sp³-hybridized carbons (Fsp3) is 0.158. The highest BCUT2D eigenvalue weighted by atomic mass is 32.2. The molecule has 8 nitrogen and oxygen atoms in total. The molecule has 3 aromatic rings. The summed E-state index contributed by atoms with van der Waals surface area (Å²) in [7, 11) is 1.55. The number of carbonyl (C=O) groups excluding carboxylic acids is 2. The molecule has 0 aliphatic carbocycles. The molecule has 0 saturated heterocycles. The van der Waals surface area contributed by atoms with Crippen molar-refractivity contribution in [1.82, 2.24) is 15.2 Å². The summed E-state index contributed by atoms with van der Waals surface area (Å²) in [6.45, 7) is 1.46. The zero-order chi connectivity index (χ0) is 19.9. The van der Waals surface area contributed by atoms with Gasteiger partial charge >= 0.3 is 0 Å². The van der Waals surface area contributed by atoms with Gasteiger partial charge in [-0.2, -0.15) is 0 Å². The smallest absolute Gasteiger partial charge is 0.234 e. The third kappa shape index (κ3) is 5.10. The van der Waals surface area contributed by atoms with Crippen molar-refractivity contribution in [2.75, 3.05) is 23.5 Å². The Kier molecular flexibility index (Phi) is 6.28. The predicted molar refractivity (Wildman–Crippen MR) is 108 cm³/mol. The summed E-state index contributed by atoms with van der Waals surface area (Å²) in [5.41, 5.74) is 2.15. The van der Waals surface area contributed by atoms with Gasteiger partial charge in [0.05, 0.1) is 18.6 Å². The number of methoxy groups -OCH3 is 1. The monoisotopic (exact) mass is 397 g/mol. The minimum Gasteiger partial charge on any atom is -0.495 e. The topological polar surface area (TPSA) is 109 Å². The molecule has 0 spiro atoms. The van der Waals surface area contributed by atoms with Gasteiger partial charge in [0.15, 0.2) is 5.82 Å². The third-order valence-electron chi connectivity index (χ3n) is 3.66. The largest absolute Gasteiger partial charge is 0.495 e. The molecule has 0 aliphatic heterocycles. The molecule has 2 aromatic carbocycles. The molecule has 0 atom stereocenters. The molecule has 144 valence electrons. The SMILES string of the molecule is COc1ccccc1NC(=O)CSc1n[nH]c(-c2ccc(NC(C)=O)cc2)n1. The van der Waals surface area contributed by atoms with Crippen molar-refractivity contribution in [2.24, 2.45) is 0 Å². The zero-order valence-corrected chi connectivity index (χ0v) is 16.2. The number of para-hydroxylation sites is 2. The molecule has 0 unspecified atom stereocenters. The van der Waals surface area contributed by atoms with Crippen LogP contribution in [-0.4, -0.2) is 39.9 Å². The van der Waals surface area contributed by atoms with Crippen molar-refractivity contribution < 1.29 is 14.3 Å². The molecule has 1 aromatic heterocycles. The Morgan fingerprint density at radius 2 is 1.86 bits per heavy atom. The van der Waals surface area contributed by atoms with Crippen molar-refractivity contribution >= 4 is 35.0 Å². The Labute approximate surface area is 166 Å². The molecule has 9 heteroatoms. The van der Waals surface area contributed by atoms with Crippen LogP contribution in [0, 0.1) is 0 Å². The van der Waals surface area contributed by atoms with Gasteiger partial charge in [-0.25, -0.2) is 4.98 Å². The zero-order valence-electron chi connectivity index (χ0n) is 15.4. The van der Waals surface area contributed by atoms with Crippen molar-refractivity contribution in [3.63, 3.8) is 0 Å². The number of aromatic nitrogens is 3. The molecule has 2 amide bonds. The van der Waals surface area contributed by atoms with E-state index in [4.69, 9.17) is 4.74 Å². The number of aromatic amines is 1. The van der Waals surface area contributed by atoms with E-state index in [1.54, 1.807) is 31.4 Å². The van der Waals surface area contributed by atoms with Gasteiger partial charge in [0.2, 0.25) is 17.0 Å². The summed E-state index contributed by atoms with van der Waals surface area (Å²) < 4.78 is 5.22. The van der Waals surface area contributed by atoms with Crippen molar-refractivity contribution in [1.29, 1.82) is 0 Å². The van der Waals surface area contributed by atoms with E-state index in [0.717, 1.165) is 5.56 Å². The van der Waals surface area contributed by atoms with Crippen LogP contribution < -0.4 is 15.4 Å². The van der Waals surface area contributed by atoms with Crippen LogP contribution in [0.1, 0.15) is 6.92 Å². The lowest BCUT2D eigenvalue weighted by atomic mass is 10.2. The summed E-state index contributed by atoms with van der Waals surface area (Å²) in [5, 5.41) is 13.0. The normalized spacial score (nSPS) is 10.4. The maximum atomic E-state index is 12.2. The van der Waals surface area contributed by atoms with Gasteiger partial charge in [0.25, 0.3) is 0 Å². The summed E-state index contributed by atoms with van der Waals surface area (Å²) in [6.07, 6.45) is 0. The van der Waals surface area contributed by atoms with Crippen LogP contribution in [0.15, 0.2) is 53.7 Å². The van der Waals surface area contributed by atoms with Crippen molar-refractivity contribution in [2.45, 2.75) is 12.1 Å². The molecular formula is C19H19N5O3S. The molecule has 0 saturated carbocycles. The predicted octanol–water partition coefficient (Wildman–Crippen LogP) is 3.17. The van der Waals surface area contributed by atoms with Gasteiger partial charge in [0, 0.05) is 18.2 Å². The minimum atomic E-state index is -0.180. The van der Waals surface area contributed by atoms with E-state index in [1.807, 2.05) is 24.3 Å². The Morgan fingerprint density at radius 3 is 2.57 bits per heavy atom. The number of benzene rings is 2. The highest BCUT2D eigenvalue weighted by Crippen LogP contribution is 2.24. The fourth-order valence-electron chi connectivity index (χ4n) is 2.42. The lowest BCUT2D eigenvalue weighted by Crippen LogP contribution is -2.14. The van der Waals surface area contributed by atoms with Crippen LogP contribution >= 0.6 is 11.8 Å². The standard InChI is InChI=1S/C19H19N5O3S/c1-12(25)20-14-9-7-13(8-10-14)18-22-19(24-23-18)28-11-17(26)21-15-5-3-4-6-16(15)27-2/h3-10H,11H2,1-2H3,(H,20,25)(H,21,26)(H,22,23,24). The van der Waals surface area contributed by atoms with E-state index in [2.05, 4.69) is 25.8 Å². The Balaban J connectivity index is 1.57. The quantitative estimate of drug-likeness (QED) is 0.529. The van der Waals surface area contributed by atoms with Gasteiger partial charge in [-0.15, -0.1) is 5.10 Å². The molecule has 1 heterocycles. The summed E-state index contributed by atoms with van der Waals surface area (Å²) in [4.78, 5) is 27.6. The number of amides is 2. The minimum absolute atomic E-state index is 0.127. The van der Waals surface area contributed by atoms with Crippen LogP contribution in [-0.2, 0) is 9.59 Å². The highest BCUT2D eigenvalue weighted by molar-refractivity contribution is 7.99. The van der Waals surface area contributed by atoms with Crippen LogP contribution in [0.4, 0.5) is 11.4 Å². The second-order valence-corrected chi connectivity index (χ2v) is 6.70. The maximum Gasteiger partial charge on any atom is 0.234 e. The number of carbonyl (C=O) groups is 2. The van der Waals surface area contributed by atoms with Crippen LogP contribution in [0.25, 0.3) is 11.4 Å². The molecule has 28 heavy (non-hydrogen) atoms. The number of hydrogen-bond donors (Lipinski definition) is 3. The molecule has 0 aliphatic rings. The summed E-state index contributed by atoms with van der Waals surface area (Å²) >= 11 is 1.22. The Morgan fingerprint density at radius 1 is 1.11 bits per heavy atom. The van der Waals surface area contributed by atoms with E-state index in [1.165, 1.54) is 18.7 Å². The Bertz CT molecular complexity index is 972. The summed E-state index contributed by atoms with van der Waals surface area (Å²) in [6, 6.07) is 14.4. The van der Waals surface area contributed by atoms with Crippen LogP contribution in [0.5, 0.6) is 5.75 Å². The number of thioether (sulfide) groups is 1. The van der Waals surface area contributed by atoms with E-state index >= 15 is 0 Å². The Hall–Kier alpha value is -3.33. The van der Waals surface area contributed by atoms with Gasteiger partial charge in [-0.3, -0.25) is 14.7 Å². The lowest BCUT2D eigenvalue weighted by Gasteiger charge is -2.08. The van der Waals surface area contributed by atoms with Gasteiger partial charge in [-0.1, -0.05) is 23.9 Å². The van der Waals surface area contributed by atoms with E-state index in [9.17, 15) is 9.59 Å². The van der Waals surface area contributed by atoms with E-state index in [-0.39, 0.29) is 17.6 Å². The molecule has 0 bridgehead atoms. The number of ether oxygens (including phenoxy) is 1. The highest BCUT2D eigenvalue weighted by Gasteiger charge is 2.11. The fourth-order valence-corrected chi connectivity index (χ4v) is 3.02. The molecule has 3 rings (SSSR count). The number of nitrogens with one attached hydrogen (secondary N) is 3. The number of rotatable bonds is 7. The first-order valence-electron chi connectivity index (χ1n) is 8.41. The van der Waals surface area contributed by atoms with Crippen molar-refractivity contribution in [3.8, 4) is 17.1 Å². The van der Waals surface area contributed by atoms with Crippen molar-refractivity contribution in [3.05, 3.63) is 48.5 Å². The van der Waals surface area contributed by atoms with Crippen LogP contribution in [0.2, 0.25) is 0 Å². The second-order valence-electron chi connectivity index (χ2n) is 5.76. The maximum absolute atomic E-state index is 12.2. The number of H-pyrrole nitrogens is 1. The number of nitrogens with zero attached hydrogens (tertiary/aromatic N) is 2. The second kappa shape index (κ2) is 9.05. The average Bonchev–Trinajstić information content (AvgIpc) is 3.16. The van der Waals surface area contributed by atoms with Gasteiger partial charge in [-0.05, 0) is 36.4 Å². The van der Waals surface area contributed by atoms with Gasteiger partial charge in [0.1, 0.15) is 5.75 Å². The third-order valence-corrected chi connectivity index (χ3v) is 4.50. The molecule has 3 N–H and O–H groups in total. The molecular weight excluding hydrogens is 378 g/mol. The number of anilines is 2. The molecule has 0 radical (unpaired) electrons. The lowest BCUT2D eigenvalue weighted by molar-refractivity contribution is -0.114. The van der Waals surface area contributed by atoms with Gasteiger partial charge < -0.3 is 15.4 Å². The average molecular weight is 397 g/mol. The number of hydrogen-bond acceptors (Lipinski definition) is 6. The first-order valence-corrected chi connectivity index (χ1v) is 9.40. The molecule has 0 fully saturated rings. The summed E-state index contributed by atoms with van der Waals surface area (Å²) in [5.74, 6) is 1.04. The van der Waals surface area contributed by atoms with Crippen LogP contribution in [0.3, 0.4) is 0 Å². The first kappa shape index (κ1) is 19.4. The van der Waals surface area contributed by atoms with E-state index < -0.39 is 0 Å².